The molecule has 0 bridgehead atoms. The molecule has 3 nitrogen and oxygen atoms in total. The maximum absolute atomic E-state index is 5.10. The lowest BCUT2D eigenvalue weighted by Crippen LogP contribution is -2.46. The fraction of sp³-hybridized carbons (Fsp3) is 0.800. The van der Waals surface area contributed by atoms with E-state index in [0.717, 1.165) is 13.2 Å². The van der Waals surface area contributed by atoms with Gasteiger partial charge in [-0.3, -0.25) is 4.90 Å². The first kappa shape index (κ1) is 10.5. The second-order valence-corrected chi connectivity index (χ2v) is 3.31. The van der Waals surface area contributed by atoms with Crippen LogP contribution in [0.2, 0.25) is 0 Å². The molecule has 0 N–H and O–H groups in total. The van der Waals surface area contributed by atoms with E-state index in [1.807, 2.05) is 0 Å². The summed E-state index contributed by atoms with van der Waals surface area (Å²) in [4.78, 5) is 4.92. The van der Waals surface area contributed by atoms with Crippen molar-refractivity contribution in [3.63, 3.8) is 0 Å². The molecule has 0 aromatic carbocycles. The number of ether oxygens (including phenoxy) is 1. The summed E-state index contributed by atoms with van der Waals surface area (Å²) in [5.41, 5.74) is 0. The molecule has 0 aliphatic carbocycles. The van der Waals surface area contributed by atoms with Crippen LogP contribution in [0.4, 0.5) is 0 Å². The Hall–Kier alpha value is -0.540. The highest BCUT2D eigenvalue weighted by atomic mass is 16.5. The Morgan fingerprint density at radius 2 is 1.85 bits per heavy atom. The largest absolute Gasteiger partial charge is 0.500 e. The third-order valence-electron chi connectivity index (χ3n) is 2.56. The molecule has 0 radical (unpaired) electrons. The summed E-state index contributed by atoms with van der Waals surface area (Å²) in [5.74, 6) is 0. The normalized spacial score (nSPS) is 20.1. The van der Waals surface area contributed by atoms with Crippen LogP contribution >= 0.6 is 0 Å². The van der Waals surface area contributed by atoms with Gasteiger partial charge < -0.3 is 9.64 Å². The van der Waals surface area contributed by atoms with Gasteiger partial charge in [0.05, 0.1) is 12.9 Å². The van der Waals surface area contributed by atoms with Crippen molar-refractivity contribution in [1.29, 1.82) is 0 Å². The molecule has 1 heterocycles. The molecule has 13 heavy (non-hydrogen) atoms. The van der Waals surface area contributed by atoms with E-state index in [1.165, 1.54) is 39.0 Å². The fourth-order valence-electron chi connectivity index (χ4n) is 1.59. The molecule has 0 amide bonds. The van der Waals surface area contributed by atoms with Gasteiger partial charge in [0.2, 0.25) is 0 Å². The van der Waals surface area contributed by atoms with Gasteiger partial charge >= 0.3 is 0 Å². The molecule has 0 unspecified atom stereocenters. The molecule has 1 rings (SSSR count). The summed E-state index contributed by atoms with van der Waals surface area (Å²) in [6.45, 7) is 13.5. The first-order chi connectivity index (χ1) is 6.36. The Morgan fingerprint density at radius 3 is 2.38 bits per heavy atom. The Morgan fingerprint density at radius 1 is 1.23 bits per heavy atom. The van der Waals surface area contributed by atoms with Gasteiger partial charge in [-0.2, -0.15) is 0 Å². The Balaban J connectivity index is 2.06. The molecule has 0 saturated carbocycles. The molecule has 1 aliphatic rings. The quantitative estimate of drug-likeness (QED) is 0.464. The molecule has 1 aliphatic heterocycles. The van der Waals surface area contributed by atoms with Crippen molar-refractivity contribution in [3.8, 4) is 0 Å². The second-order valence-electron chi connectivity index (χ2n) is 3.31. The Bertz CT molecular complexity index is 142. The molecular weight excluding hydrogens is 164 g/mol. The monoisotopic (exact) mass is 184 g/mol. The van der Waals surface area contributed by atoms with Crippen molar-refractivity contribution in [3.05, 3.63) is 12.8 Å². The van der Waals surface area contributed by atoms with E-state index < -0.39 is 0 Å². The lowest BCUT2D eigenvalue weighted by molar-refractivity contribution is 0.111. The van der Waals surface area contributed by atoms with E-state index in [4.69, 9.17) is 4.74 Å². The van der Waals surface area contributed by atoms with Crippen LogP contribution in [0.25, 0.3) is 0 Å². The van der Waals surface area contributed by atoms with Crippen molar-refractivity contribution < 1.29 is 4.74 Å². The van der Waals surface area contributed by atoms with Gasteiger partial charge in [0.1, 0.15) is 0 Å². The van der Waals surface area contributed by atoms with E-state index >= 15 is 0 Å². The summed E-state index contributed by atoms with van der Waals surface area (Å²) >= 11 is 0. The molecule has 1 saturated heterocycles. The van der Waals surface area contributed by atoms with Gasteiger partial charge in [-0.1, -0.05) is 13.5 Å². The van der Waals surface area contributed by atoms with E-state index in [2.05, 4.69) is 23.3 Å². The van der Waals surface area contributed by atoms with Crippen LogP contribution in [-0.4, -0.2) is 55.7 Å². The molecule has 76 valence electrons. The highest BCUT2D eigenvalue weighted by Crippen LogP contribution is 2.00. The predicted octanol–water partition coefficient (Wildman–Crippen LogP) is 0.784. The zero-order valence-corrected chi connectivity index (χ0v) is 8.54. The second kappa shape index (κ2) is 6.00. The Labute approximate surface area is 81.0 Å². The minimum atomic E-state index is 0.773. The van der Waals surface area contributed by atoms with E-state index in [-0.39, 0.29) is 0 Å². The summed E-state index contributed by atoms with van der Waals surface area (Å²) < 4.78 is 5.10. The van der Waals surface area contributed by atoms with Crippen molar-refractivity contribution in [1.82, 2.24) is 9.80 Å². The third-order valence-corrected chi connectivity index (χ3v) is 2.56. The molecule has 1 fully saturated rings. The van der Waals surface area contributed by atoms with Crippen molar-refractivity contribution in [2.45, 2.75) is 6.92 Å². The highest BCUT2D eigenvalue weighted by Gasteiger charge is 2.14. The van der Waals surface area contributed by atoms with Gasteiger partial charge in [0.25, 0.3) is 0 Å². The summed E-state index contributed by atoms with van der Waals surface area (Å²) in [5, 5.41) is 0. The standard InChI is InChI=1S/C10H20N2O/c1-3-11-5-7-12(8-6-11)9-10-13-4-2/h4H,2-3,5-10H2,1H3. The Kier molecular flexibility index (Phi) is 4.86. The van der Waals surface area contributed by atoms with Gasteiger partial charge in [0.15, 0.2) is 0 Å². The minimum Gasteiger partial charge on any atom is -0.500 e. The van der Waals surface area contributed by atoms with Gasteiger partial charge in [0, 0.05) is 32.7 Å². The number of hydrogen-bond acceptors (Lipinski definition) is 3. The van der Waals surface area contributed by atoms with Crippen LogP contribution in [0.5, 0.6) is 0 Å². The molecule has 0 spiro atoms. The number of likely N-dealkylation sites (N-methyl/N-ethyl adjacent to an activating group) is 1. The SMILES string of the molecule is C=COCCN1CCN(CC)CC1. The maximum Gasteiger partial charge on any atom is 0.0999 e. The van der Waals surface area contributed by atoms with E-state index in [0.29, 0.717) is 0 Å². The molecule has 0 aromatic rings. The topological polar surface area (TPSA) is 15.7 Å². The average Bonchev–Trinajstić information content (AvgIpc) is 2.19. The van der Waals surface area contributed by atoms with Crippen LogP contribution in [0, 0.1) is 0 Å². The number of rotatable bonds is 5. The van der Waals surface area contributed by atoms with Gasteiger partial charge in [-0.05, 0) is 6.54 Å². The van der Waals surface area contributed by atoms with Crippen LogP contribution in [0.1, 0.15) is 6.92 Å². The molecule has 0 atom stereocenters. The number of nitrogens with zero attached hydrogens (tertiary/aromatic N) is 2. The number of piperazine rings is 1. The first-order valence-corrected chi connectivity index (χ1v) is 5.04. The third kappa shape index (κ3) is 3.79. The van der Waals surface area contributed by atoms with Crippen molar-refractivity contribution >= 4 is 0 Å². The average molecular weight is 184 g/mol. The van der Waals surface area contributed by atoms with Crippen LogP contribution in [-0.2, 0) is 4.74 Å². The highest BCUT2D eigenvalue weighted by molar-refractivity contribution is 4.70. The molecular formula is C10H20N2O. The smallest absolute Gasteiger partial charge is 0.0999 e. The zero-order chi connectivity index (χ0) is 9.52. The van der Waals surface area contributed by atoms with Crippen LogP contribution < -0.4 is 0 Å². The van der Waals surface area contributed by atoms with Gasteiger partial charge in [-0.15, -0.1) is 0 Å². The lowest BCUT2D eigenvalue weighted by atomic mass is 10.3. The summed E-state index contributed by atoms with van der Waals surface area (Å²) in [7, 11) is 0. The first-order valence-electron chi connectivity index (χ1n) is 5.04. The van der Waals surface area contributed by atoms with Gasteiger partial charge in [-0.25, -0.2) is 0 Å². The summed E-state index contributed by atoms with van der Waals surface area (Å²) in [6, 6.07) is 0. The lowest BCUT2D eigenvalue weighted by Gasteiger charge is -2.33. The predicted molar refractivity (Wildman–Crippen MR) is 54.7 cm³/mol. The number of hydrogen-bond donors (Lipinski definition) is 0. The van der Waals surface area contributed by atoms with E-state index in [1.54, 1.807) is 0 Å². The zero-order valence-electron chi connectivity index (χ0n) is 8.54. The molecule has 0 aromatic heterocycles. The van der Waals surface area contributed by atoms with Crippen molar-refractivity contribution in [2.24, 2.45) is 0 Å². The minimum absolute atomic E-state index is 0.773. The fourth-order valence-corrected chi connectivity index (χ4v) is 1.59. The van der Waals surface area contributed by atoms with E-state index in [9.17, 15) is 0 Å². The van der Waals surface area contributed by atoms with Crippen molar-refractivity contribution in [2.75, 3.05) is 45.9 Å². The molecule has 3 heteroatoms. The summed E-state index contributed by atoms with van der Waals surface area (Å²) in [6.07, 6.45) is 1.52. The van der Waals surface area contributed by atoms with Crippen LogP contribution in [0.3, 0.4) is 0 Å². The maximum atomic E-state index is 5.10. The van der Waals surface area contributed by atoms with Crippen LogP contribution in [0.15, 0.2) is 12.8 Å².